The van der Waals surface area contributed by atoms with Crippen molar-refractivity contribution in [1.82, 2.24) is 15.0 Å². The van der Waals surface area contributed by atoms with E-state index >= 15 is 0 Å². The normalized spacial score (nSPS) is 20.1. The highest BCUT2D eigenvalue weighted by Crippen LogP contribution is 2.22. The summed E-state index contributed by atoms with van der Waals surface area (Å²) in [6.07, 6.45) is 3.78. The second kappa shape index (κ2) is 6.43. The van der Waals surface area contributed by atoms with Crippen molar-refractivity contribution in [3.63, 3.8) is 0 Å². The lowest BCUT2D eigenvalue weighted by Crippen LogP contribution is -2.37. The Bertz CT molecular complexity index is 469. The summed E-state index contributed by atoms with van der Waals surface area (Å²) in [5, 5.41) is 12.8. The third-order valence-electron chi connectivity index (χ3n) is 4.08. The van der Waals surface area contributed by atoms with E-state index in [0.717, 1.165) is 57.5 Å². The Morgan fingerprint density at radius 2 is 1.57 bits per heavy atom. The van der Waals surface area contributed by atoms with Crippen molar-refractivity contribution in [3.05, 3.63) is 0 Å². The van der Waals surface area contributed by atoms with Gasteiger partial charge in [0.15, 0.2) is 0 Å². The number of anilines is 3. The van der Waals surface area contributed by atoms with Gasteiger partial charge in [0.25, 0.3) is 0 Å². The molecule has 2 N–H and O–H groups in total. The Hall–Kier alpha value is -1.63. The van der Waals surface area contributed by atoms with E-state index in [0.29, 0.717) is 5.95 Å². The van der Waals surface area contributed by atoms with Crippen LogP contribution in [0.1, 0.15) is 32.6 Å². The minimum absolute atomic E-state index is 0.186. The van der Waals surface area contributed by atoms with E-state index in [2.05, 4.69) is 30.1 Å². The average Bonchev–Trinajstić information content (AvgIpc) is 3.02. The zero-order valence-electron chi connectivity index (χ0n) is 12.6. The molecule has 2 saturated heterocycles. The van der Waals surface area contributed by atoms with Gasteiger partial charge in [0.1, 0.15) is 0 Å². The number of hydrogen-bond donors (Lipinski definition) is 2. The zero-order valence-corrected chi connectivity index (χ0v) is 12.6. The standard InChI is InChI=1S/C14H24N6O/c1-2-15-12-16-13(19-7-3-4-8-19)18-14(17-12)20-9-5-11(21)6-10-20/h11,21H,2-10H2,1H3,(H,15,16,17,18). The van der Waals surface area contributed by atoms with Gasteiger partial charge in [0, 0.05) is 32.7 Å². The number of hydrogen-bond acceptors (Lipinski definition) is 7. The lowest BCUT2D eigenvalue weighted by molar-refractivity contribution is 0.145. The van der Waals surface area contributed by atoms with Crippen LogP contribution in [0.15, 0.2) is 0 Å². The zero-order chi connectivity index (χ0) is 14.7. The van der Waals surface area contributed by atoms with Crippen molar-refractivity contribution >= 4 is 17.8 Å². The summed E-state index contributed by atoms with van der Waals surface area (Å²) >= 11 is 0. The highest BCUT2D eigenvalue weighted by molar-refractivity contribution is 5.46. The second-order valence-corrected chi connectivity index (χ2v) is 5.70. The molecular weight excluding hydrogens is 268 g/mol. The number of nitrogens with one attached hydrogen (secondary N) is 1. The van der Waals surface area contributed by atoms with Crippen LogP contribution in [0, 0.1) is 0 Å². The van der Waals surface area contributed by atoms with Crippen LogP contribution in [0.25, 0.3) is 0 Å². The fourth-order valence-electron chi connectivity index (χ4n) is 2.86. The van der Waals surface area contributed by atoms with Crippen LogP contribution >= 0.6 is 0 Å². The molecule has 3 heterocycles. The summed E-state index contributed by atoms with van der Waals surface area (Å²) in [7, 11) is 0. The van der Waals surface area contributed by atoms with Crippen molar-refractivity contribution in [2.75, 3.05) is 47.8 Å². The van der Waals surface area contributed by atoms with Crippen molar-refractivity contribution in [1.29, 1.82) is 0 Å². The summed E-state index contributed by atoms with van der Waals surface area (Å²) < 4.78 is 0. The molecule has 3 rings (SSSR count). The van der Waals surface area contributed by atoms with Gasteiger partial charge in [-0.05, 0) is 32.6 Å². The molecule has 0 aromatic carbocycles. The first-order chi connectivity index (χ1) is 10.3. The molecule has 0 amide bonds. The molecule has 0 bridgehead atoms. The first-order valence-corrected chi connectivity index (χ1v) is 7.94. The highest BCUT2D eigenvalue weighted by atomic mass is 16.3. The number of nitrogens with zero attached hydrogens (tertiary/aromatic N) is 5. The molecule has 21 heavy (non-hydrogen) atoms. The smallest absolute Gasteiger partial charge is 0.231 e. The van der Waals surface area contributed by atoms with Crippen molar-refractivity contribution in [3.8, 4) is 0 Å². The van der Waals surface area contributed by atoms with Crippen LogP contribution in [0.3, 0.4) is 0 Å². The van der Waals surface area contributed by atoms with Crippen LogP contribution in [-0.4, -0.2) is 58.9 Å². The molecule has 0 atom stereocenters. The molecule has 1 aromatic heterocycles. The van der Waals surface area contributed by atoms with E-state index < -0.39 is 0 Å². The molecule has 7 nitrogen and oxygen atoms in total. The minimum Gasteiger partial charge on any atom is -0.393 e. The van der Waals surface area contributed by atoms with Gasteiger partial charge in [-0.1, -0.05) is 0 Å². The van der Waals surface area contributed by atoms with Gasteiger partial charge in [-0.15, -0.1) is 0 Å². The van der Waals surface area contributed by atoms with E-state index in [4.69, 9.17) is 0 Å². The predicted molar refractivity (Wildman–Crippen MR) is 82.9 cm³/mol. The molecular formula is C14H24N6O. The van der Waals surface area contributed by atoms with Crippen LogP contribution in [0.5, 0.6) is 0 Å². The highest BCUT2D eigenvalue weighted by Gasteiger charge is 2.22. The molecule has 0 saturated carbocycles. The van der Waals surface area contributed by atoms with E-state index in [9.17, 15) is 5.11 Å². The molecule has 2 fully saturated rings. The van der Waals surface area contributed by atoms with Gasteiger partial charge in [-0.2, -0.15) is 15.0 Å². The topological polar surface area (TPSA) is 77.4 Å². The molecule has 0 aliphatic carbocycles. The maximum atomic E-state index is 9.64. The Labute approximate surface area is 125 Å². The number of aliphatic hydroxyl groups is 1. The van der Waals surface area contributed by atoms with Gasteiger partial charge < -0.3 is 20.2 Å². The van der Waals surface area contributed by atoms with Crippen LogP contribution in [0.2, 0.25) is 0 Å². The van der Waals surface area contributed by atoms with Crippen molar-refractivity contribution in [2.45, 2.75) is 38.7 Å². The lowest BCUT2D eigenvalue weighted by Gasteiger charge is -2.30. The van der Waals surface area contributed by atoms with Crippen molar-refractivity contribution in [2.24, 2.45) is 0 Å². The molecule has 1 aromatic rings. The number of aromatic nitrogens is 3. The van der Waals surface area contributed by atoms with Gasteiger partial charge >= 0.3 is 0 Å². The monoisotopic (exact) mass is 292 g/mol. The molecule has 0 radical (unpaired) electrons. The van der Waals surface area contributed by atoms with Gasteiger partial charge in [0.2, 0.25) is 17.8 Å². The summed E-state index contributed by atoms with van der Waals surface area (Å²) in [4.78, 5) is 18.1. The first-order valence-electron chi connectivity index (χ1n) is 7.94. The van der Waals surface area contributed by atoms with Crippen LogP contribution in [-0.2, 0) is 0 Å². The summed E-state index contributed by atoms with van der Waals surface area (Å²) in [6, 6.07) is 0. The summed E-state index contributed by atoms with van der Waals surface area (Å²) in [5.41, 5.74) is 0. The average molecular weight is 292 g/mol. The maximum absolute atomic E-state index is 9.64. The first kappa shape index (κ1) is 14.3. The Kier molecular flexibility index (Phi) is 4.38. The molecule has 0 unspecified atom stereocenters. The van der Waals surface area contributed by atoms with E-state index in [1.165, 1.54) is 12.8 Å². The minimum atomic E-state index is -0.186. The summed E-state index contributed by atoms with van der Waals surface area (Å²) in [6.45, 7) is 6.48. The lowest BCUT2D eigenvalue weighted by atomic mass is 10.1. The molecule has 2 aliphatic rings. The van der Waals surface area contributed by atoms with E-state index in [1.807, 2.05) is 6.92 Å². The Morgan fingerprint density at radius 1 is 1.00 bits per heavy atom. The molecule has 0 spiro atoms. The van der Waals surface area contributed by atoms with E-state index in [-0.39, 0.29) is 6.10 Å². The van der Waals surface area contributed by atoms with Gasteiger partial charge in [0.05, 0.1) is 6.10 Å². The van der Waals surface area contributed by atoms with Crippen LogP contribution < -0.4 is 15.1 Å². The number of rotatable bonds is 4. The molecule has 116 valence electrons. The van der Waals surface area contributed by atoms with Crippen molar-refractivity contribution < 1.29 is 5.11 Å². The molecule has 2 aliphatic heterocycles. The fourth-order valence-corrected chi connectivity index (χ4v) is 2.86. The second-order valence-electron chi connectivity index (χ2n) is 5.70. The number of aliphatic hydroxyl groups excluding tert-OH is 1. The third kappa shape index (κ3) is 3.34. The third-order valence-corrected chi connectivity index (χ3v) is 4.08. The largest absolute Gasteiger partial charge is 0.393 e. The van der Waals surface area contributed by atoms with Gasteiger partial charge in [-0.25, -0.2) is 0 Å². The fraction of sp³-hybridized carbons (Fsp3) is 0.786. The molecule has 7 heteroatoms. The number of piperidine rings is 1. The summed E-state index contributed by atoms with van der Waals surface area (Å²) in [5.74, 6) is 2.16. The van der Waals surface area contributed by atoms with E-state index in [1.54, 1.807) is 0 Å². The Balaban J connectivity index is 1.83. The van der Waals surface area contributed by atoms with Crippen LogP contribution in [0.4, 0.5) is 17.8 Å². The quantitative estimate of drug-likeness (QED) is 0.852. The predicted octanol–water partition coefficient (Wildman–Crippen LogP) is 0.865. The maximum Gasteiger partial charge on any atom is 0.231 e. The van der Waals surface area contributed by atoms with Gasteiger partial charge in [-0.3, -0.25) is 0 Å². The SMILES string of the molecule is CCNc1nc(N2CCCC2)nc(N2CCC(O)CC2)n1. The Morgan fingerprint density at radius 3 is 2.14 bits per heavy atom.